The quantitative estimate of drug-likeness (QED) is 0.116. The zero-order chi connectivity index (χ0) is 48.4. The number of rotatable bonds is 18. The van der Waals surface area contributed by atoms with E-state index in [4.69, 9.17) is 21.0 Å². The first-order chi connectivity index (χ1) is 32.0. The van der Waals surface area contributed by atoms with Crippen LogP contribution in [0.4, 0.5) is 0 Å². The second-order valence-electron chi connectivity index (χ2n) is 15.3. The van der Waals surface area contributed by atoms with Crippen LogP contribution in [-0.2, 0) is 333 Å². The van der Waals surface area contributed by atoms with Gasteiger partial charge in [-0.3, -0.25) is 0 Å². The largest absolute Gasteiger partial charge is 2.00 e. The van der Waals surface area contributed by atoms with Crippen LogP contribution in [0.2, 0.25) is 0 Å². The van der Waals surface area contributed by atoms with Gasteiger partial charge in [0, 0.05) is 184 Å². The third-order valence-electron chi connectivity index (χ3n) is 10.9. The molecule has 46 heteroatoms. The molecule has 0 saturated heterocycles. The summed E-state index contributed by atoms with van der Waals surface area (Å²) in [5, 5.41) is 29.3. The summed E-state index contributed by atoms with van der Waals surface area (Å²) in [4.78, 5) is 0. The monoisotopic (exact) mass is 2400 g/mol. The van der Waals surface area contributed by atoms with Crippen LogP contribution in [0, 0.1) is 45.3 Å². The van der Waals surface area contributed by atoms with E-state index < -0.39 is 0 Å². The van der Waals surface area contributed by atoms with E-state index in [1.807, 2.05) is 0 Å². The molecule has 0 aliphatic rings. The number of hydrogen-bond donors (Lipinski definition) is 0. The average Bonchev–Trinajstić information content (AvgIpc) is 4.21. The van der Waals surface area contributed by atoms with Crippen molar-refractivity contribution in [3.05, 3.63) is 146 Å². The molecule has 7 rings (SSSR count). The Kier molecular flexibility index (Phi) is 201. The maximum atomic E-state index is 7.32. The van der Waals surface area contributed by atoms with Crippen molar-refractivity contribution in [2.24, 2.45) is 0 Å². The van der Waals surface area contributed by atoms with Crippen LogP contribution in [-0.4, -0.2) is 27.4 Å². The first-order valence-electron chi connectivity index (χ1n) is 22.7. The maximum Gasteiger partial charge on any atom is 0.244 e. The minimum atomic E-state index is 0. The van der Waals surface area contributed by atoms with Gasteiger partial charge in [0.25, 0.3) is 0 Å². The molecule has 0 unspecified atom stereocenters. The molecular weight excluding hydrogens is 2330 g/mol. The van der Waals surface area contributed by atoms with Gasteiger partial charge in [0.2, 0.25) is 38.0 Å². The summed E-state index contributed by atoms with van der Waals surface area (Å²) < 4.78 is 27.9. The van der Waals surface area contributed by atoms with Crippen LogP contribution in [0.3, 0.4) is 0 Å². The van der Waals surface area contributed by atoms with E-state index in [2.05, 4.69) is 209 Å². The number of aryl methyl sites for hydroxylation is 6. The van der Waals surface area contributed by atoms with Gasteiger partial charge in [-0.25, -0.2) is 54.8 Å². The number of nitriles is 4. The first kappa shape index (κ1) is 186. The van der Waals surface area contributed by atoms with Gasteiger partial charge >= 0.3 is 0 Å². The zero-order valence-electron chi connectivity index (χ0n) is 53.1. The number of hydrogen-bond acceptors (Lipinski definition) is 4. The molecule has 0 atom stereocenters. The van der Waals surface area contributed by atoms with Gasteiger partial charge in [-0.15, -0.1) is 0 Å². The van der Waals surface area contributed by atoms with Crippen molar-refractivity contribution < 1.29 is 281 Å². The molecule has 7 aromatic rings. The molecule has 6 aromatic heterocycles. The molecule has 0 saturated carbocycles. The van der Waals surface area contributed by atoms with Crippen molar-refractivity contribution in [3.63, 3.8) is 0 Å². The predicted molar refractivity (Wildman–Crippen MR) is 264 cm³/mol. The molecule has 0 bridgehead atoms. The van der Waals surface area contributed by atoms with Crippen molar-refractivity contribution in [1.82, 2.24) is 27.4 Å². The van der Waals surface area contributed by atoms with Gasteiger partial charge in [-0.2, -0.15) is 21.0 Å². The van der Waals surface area contributed by atoms with E-state index in [9.17, 15) is 0 Å². The molecule has 580 valence electrons. The fraction of sp³-hybridized carbons (Fsp3) is 0.440. The number of benzene rings is 1. The molecule has 96 heavy (non-hydrogen) atoms. The normalized spacial score (nSPS) is 6.90. The summed E-state index contributed by atoms with van der Waals surface area (Å²) >= 11 is 0. The number of aromatic nitrogens is 12. The van der Waals surface area contributed by atoms with Crippen molar-refractivity contribution in [1.29, 1.82) is 21.0 Å². The summed E-state index contributed by atoms with van der Waals surface area (Å²) in [5.41, 5.74) is 8.41. The average molecular weight is 2400 g/mol. The molecule has 40 nitrogen and oxygen atoms in total. The standard InChI is InChI=1S/C42H60N12.4C2H3N.24O.6Re/c1-7-43-13-19-49(31-43)25-37-38(26-50-20-14-44(8-2)32-50)40(28-52-22-16-46(10-4)34-52)42(30-54-24-18-48(12-6)36-54)41(29-53-23-17-47(11-5)35-53)39(37)27-51-21-15-45(9-3)33-51;4*1-2-3;;;;;;;;;;;;;;;;;;;;;;;;;;;;;;/h13-24,31-36H,7-12,25-30H2,1-6H3;4*1H3;;;;;;;;;;;;;;;;;;;;;;;;;;;;;;/q+6;;;;;24*-2;;;;;;. The van der Waals surface area contributed by atoms with Crippen molar-refractivity contribution >= 4 is 0 Å². The van der Waals surface area contributed by atoms with Crippen LogP contribution in [0.25, 0.3) is 0 Å². The Morgan fingerprint density at radius 2 is 0.312 bits per heavy atom. The summed E-state index contributed by atoms with van der Waals surface area (Å²) in [6.07, 6.45) is 40.2. The Balaban J connectivity index is -0.0000000396. The van der Waals surface area contributed by atoms with Crippen LogP contribution >= 0.6 is 0 Å². The van der Waals surface area contributed by atoms with E-state index in [0.717, 1.165) is 78.5 Å². The van der Waals surface area contributed by atoms with Gasteiger partial charge < -0.3 is 131 Å². The third kappa shape index (κ3) is 58.4. The molecule has 0 aliphatic heterocycles. The van der Waals surface area contributed by atoms with E-state index in [0.29, 0.717) is 0 Å². The molecule has 0 amide bonds. The van der Waals surface area contributed by atoms with Crippen molar-refractivity contribution in [3.8, 4) is 24.3 Å². The number of imidazole rings is 6. The number of nitrogens with zero attached hydrogens (tertiary/aromatic N) is 16. The van der Waals surface area contributed by atoms with E-state index in [1.54, 1.807) is 24.3 Å². The summed E-state index contributed by atoms with van der Waals surface area (Å²) in [6, 6.07) is 7.00. The van der Waals surface area contributed by atoms with Crippen molar-refractivity contribution in [2.45, 2.75) is 148 Å². The first-order valence-corrected chi connectivity index (χ1v) is 22.7. The zero-order valence-corrected chi connectivity index (χ0v) is 69.4. The van der Waals surface area contributed by atoms with Crippen molar-refractivity contribution in [2.75, 3.05) is 0 Å². The smallest absolute Gasteiger partial charge is 0.244 e. The summed E-state index contributed by atoms with van der Waals surface area (Å²) in [6.45, 7) is 29.3. The van der Waals surface area contributed by atoms with E-state index in [1.165, 1.54) is 61.1 Å². The van der Waals surface area contributed by atoms with E-state index in [-0.39, 0.29) is 254 Å². The molecule has 0 aliphatic carbocycles. The molecule has 0 fully saturated rings. The Hall–Kier alpha value is -4.55. The Morgan fingerprint density at radius 3 is 0.375 bits per heavy atom. The predicted octanol–water partition coefficient (Wildman–Crippen LogP) is 1.88. The molecule has 6 radical (unpaired) electrons. The van der Waals surface area contributed by atoms with Gasteiger partial charge in [0.15, 0.2) is 0 Å². The topological polar surface area (TPSA) is 832 Å². The minimum Gasteiger partial charge on any atom is -2.00 e. The van der Waals surface area contributed by atoms with Gasteiger partial charge in [-0.05, 0) is 41.5 Å². The van der Waals surface area contributed by atoms with Gasteiger partial charge in [0.05, 0.1) is 63.5 Å². The molecule has 0 spiro atoms. The van der Waals surface area contributed by atoms with Gasteiger partial charge in [0.1, 0.15) is 114 Å². The van der Waals surface area contributed by atoms with Gasteiger partial charge in [-0.1, -0.05) is 0 Å². The Bertz CT molecular complexity index is 2310. The fourth-order valence-electron chi connectivity index (χ4n) is 7.65. The Morgan fingerprint density at radius 1 is 0.229 bits per heavy atom. The summed E-state index contributed by atoms with van der Waals surface area (Å²) in [5.74, 6) is 0. The Labute approximate surface area is 642 Å². The SMILES string of the molecule is CC#N.CC#N.CC#N.CC#N.CCn1cc[n+](Cc2c(C[n+]3ccn(CC)c3)c(C[n+]3ccn(CC)c3)c(C[n+]3ccn(CC)c3)c(C[n+]3ccn(CC)c3)c2C[n+]2ccn(CC)c2)c1.[O-2].[O-2].[O-2].[O-2].[O-2].[O-2].[O-2].[O-2].[O-2].[O-2].[O-2].[O-2].[O-2].[O-2].[O-2].[O-2].[O-2].[O-2].[O-2].[O-2].[O-2].[O-2].[O-2].[O-2].[Re].[Re].[Re].[Re].[Re].[Re]. The molecule has 0 N–H and O–H groups in total. The van der Waals surface area contributed by atoms with Crippen LogP contribution in [0.15, 0.2) is 112 Å². The maximum absolute atomic E-state index is 7.32. The third-order valence-corrected chi connectivity index (χ3v) is 10.9. The van der Waals surface area contributed by atoms with Crippen LogP contribution in [0.5, 0.6) is 0 Å². The second-order valence-corrected chi connectivity index (χ2v) is 15.3. The molecule has 6 heterocycles. The molecular formula is C50H72N16O24Re6-42. The van der Waals surface area contributed by atoms with Crippen LogP contribution < -0.4 is 27.4 Å². The fourth-order valence-corrected chi connectivity index (χ4v) is 7.65. The minimum absolute atomic E-state index is 0. The van der Waals surface area contributed by atoms with E-state index >= 15 is 0 Å². The van der Waals surface area contributed by atoms with Crippen LogP contribution in [0.1, 0.15) is 103 Å². The second kappa shape index (κ2) is 104. The summed E-state index contributed by atoms with van der Waals surface area (Å²) in [7, 11) is 0. The molecule has 1 aromatic carbocycles.